The molecule has 6 heteroatoms. The van der Waals surface area contributed by atoms with Gasteiger partial charge in [-0.2, -0.15) is 0 Å². The van der Waals surface area contributed by atoms with Crippen LogP contribution in [0.5, 0.6) is 0 Å². The molecule has 2 atom stereocenters. The molecule has 2 aliphatic rings. The monoisotopic (exact) mass is 310 g/mol. The summed E-state index contributed by atoms with van der Waals surface area (Å²) in [6.45, 7) is 6.02. The minimum absolute atomic E-state index is 0.248. The third-order valence-corrected chi connectivity index (χ3v) is 5.11. The number of H-pyrrole nitrogens is 1. The standard InChI is InChI=1S/C15H26N4OS/c1-3-12-10-20-11(2)9-18(12)14-16-17-15(21)19(14)13-7-5-4-6-8-13/h11-13H,3-10H2,1-2H3,(H,17,21). The predicted octanol–water partition coefficient (Wildman–Crippen LogP) is 3.45. The molecule has 2 fully saturated rings. The zero-order chi connectivity index (χ0) is 14.8. The van der Waals surface area contributed by atoms with E-state index in [-0.39, 0.29) is 6.10 Å². The maximum atomic E-state index is 5.81. The number of hydrogen-bond acceptors (Lipinski definition) is 4. The van der Waals surface area contributed by atoms with Crippen molar-refractivity contribution in [1.82, 2.24) is 14.8 Å². The molecule has 1 aromatic rings. The molecule has 1 aliphatic carbocycles. The zero-order valence-electron chi connectivity index (χ0n) is 13.0. The first-order valence-electron chi connectivity index (χ1n) is 8.25. The van der Waals surface area contributed by atoms with Crippen LogP contribution in [0.4, 0.5) is 5.95 Å². The van der Waals surface area contributed by atoms with Crippen molar-refractivity contribution in [2.24, 2.45) is 0 Å². The van der Waals surface area contributed by atoms with Crippen molar-refractivity contribution in [2.75, 3.05) is 18.1 Å². The van der Waals surface area contributed by atoms with Crippen LogP contribution in [0.3, 0.4) is 0 Å². The lowest BCUT2D eigenvalue weighted by Crippen LogP contribution is -2.50. The van der Waals surface area contributed by atoms with Gasteiger partial charge in [-0.25, -0.2) is 5.10 Å². The molecule has 2 unspecified atom stereocenters. The van der Waals surface area contributed by atoms with Crippen molar-refractivity contribution in [1.29, 1.82) is 0 Å². The largest absolute Gasteiger partial charge is 0.375 e. The van der Waals surface area contributed by atoms with Gasteiger partial charge in [0.2, 0.25) is 5.95 Å². The van der Waals surface area contributed by atoms with E-state index in [0.717, 1.165) is 30.3 Å². The van der Waals surface area contributed by atoms with Gasteiger partial charge in [-0.3, -0.25) is 4.57 Å². The van der Waals surface area contributed by atoms with E-state index in [9.17, 15) is 0 Å². The summed E-state index contributed by atoms with van der Waals surface area (Å²) < 4.78 is 8.85. The highest BCUT2D eigenvalue weighted by Crippen LogP contribution is 2.32. The number of aromatic nitrogens is 3. The molecule has 118 valence electrons. The van der Waals surface area contributed by atoms with Gasteiger partial charge >= 0.3 is 0 Å². The van der Waals surface area contributed by atoms with Crippen LogP contribution in [0.15, 0.2) is 0 Å². The second-order valence-corrected chi connectivity index (χ2v) is 6.74. The van der Waals surface area contributed by atoms with Crippen molar-refractivity contribution in [3.63, 3.8) is 0 Å². The summed E-state index contributed by atoms with van der Waals surface area (Å²) in [5.41, 5.74) is 0. The number of aromatic amines is 1. The summed E-state index contributed by atoms with van der Waals surface area (Å²) in [7, 11) is 0. The minimum Gasteiger partial charge on any atom is -0.375 e. The molecule has 0 aromatic carbocycles. The number of nitrogens with one attached hydrogen (secondary N) is 1. The SMILES string of the molecule is CCC1COC(C)CN1c1n[nH]c(=S)n1C1CCCCC1. The van der Waals surface area contributed by atoms with Gasteiger partial charge in [-0.15, -0.1) is 5.10 Å². The first-order valence-corrected chi connectivity index (χ1v) is 8.66. The number of nitrogens with zero attached hydrogens (tertiary/aromatic N) is 3. The summed E-state index contributed by atoms with van der Waals surface area (Å²) in [5, 5.41) is 7.59. The summed E-state index contributed by atoms with van der Waals surface area (Å²) in [4.78, 5) is 2.40. The van der Waals surface area contributed by atoms with E-state index >= 15 is 0 Å². The Labute approximate surface area is 131 Å². The Balaban J connectivity index is 1.92. The van der Waals surface area contributed by atoms with Crippen molar-refractivity contribution >= 4 is 18.2 Å². The summed E-state index contributed by atoms with van der Waals surface area (Å²) in [5.74, 6) is 1.02. The maximum absolute atomic E-state index is 5.81. The summed E-state index contributed by atoms with van der Waals surface area (Å²) in [6.07, 6.45) is 7.70. The Hall–Kier alpha value is -0.880. The van der Waals surface area contributed by atoms with E-state index in [4.69, 9.17) is 17.0 Å². The Bertz CT molecular complexity index is 520. The van der Waals surface area contributed by atoms with Crippen LogP contribution < -0.4 is 4.90 Å². The molecule has 1 saturated heterocycles. The molecular weight excluding hydrogens is 284 g/mol. The average Bonchev–Trinajstić information content (AvgIpc) is 2.89. The van der Waals surface area contributed by atoms with Crippen molar-refractivity contribution in [3.8, 4) is 0 Å². The molecule has 0 bridgehead atoms. The Morgan fingerprint density at radius 2 is 2.10 bits per heavy atom. The highest BCUT2D eigenvalue weighted by molar-refractivity contribution is 7.71. The van der Waals surface area contributed by atoms with Crippen molar-refractivity contribution in [2.45, 2.75) is 70.6 Å². The van der Waals surface area contributed by atoms with E-state index in [0.29, 0.717) is 12.1 Å². The third-order valence-electron chi connectivity index (χ3n) is 4.82. The number of morpholine rings is 1. The number of ether oxygens (including phenoxy) is 1. The first kappa shape index (κ1) is 15.0. The van der Waals surface area contributed by atoms with E-state index in [2.05, 4.69) is 33.5 Å². The quantitative estimate of drug-likeness (QED) is 0.869. The molecule has 1 saturated carbocycles. The maximum Gasteiger partial charge on any atom is 0.226 e. The van der Waals surface area contributed by atoms with Gasteiger partial charge in [0.05, 0.1) is 18.8 Å². The van der Waals surface area contributed by atoms with Crippen LogP contribution in [-0.4, -0.2) is 40.1 Å². The smallest absolute Gasteiger partial charge is 0.226 e. The number of rotatable bonds is 3. The lowest BCUT2D eigenvalue weighted by atomic mass is 9.95. The van der Waals surface area contributed by atoms with Crippen LogP contribution in [0.1, 0.15) is 58.4 Å². The van der Waals surface area contributed by atoms with Crippen molar-refractivity contribution < 1.29 is 4.74 Å². The molecular formula is C15H26N4OS. The van der Waals surface area contributed by atoms with Gasteiger partial charge in [0.1, 0.15) is 0 Å². The fraction of sp³-hybridized carbons (Fsp3) is 0.867. The Morgan fingerprint density at radius 3 is 2.81 bits per heavy atom. The Kier molecular flexibility index (Phi) is 4.64. The summed E-state index contributed by atoms with van der Waals surface area (Å²) in [6, 6.07) is 0.907. The zero-order valence-corrected chi connectivity index (χ0v) is 13.9. The Morgan fingerprint density at radius 1 is 1.33 bits per heavy atom. The molecule has 1 aromatic heterocycles. The van der Waals surface area contributed by atoms with E-state index in [1.54, 1.807) is 0 Å². The second-order valence-electron chi connectivity index (χ2n) is 6.35. The van der Waals surface area contributed by atoms with E-state index < -0.39 is 0 Å². The topological polar surface area (TPSA) is 46.1 Å². The van der Waals surface area contributed by atoms with Gasteiger partial charge in [0.25, 0.3) is 0 Å². The fourth-order valence-corrected chi connectivity index (χ4v) is 3.87. The predicted molar refractivity (Wildman–Crippen MR) is 86.4 cm³/mol. The van der Waals surface area contributed by atoms with Gasteiger partial charge < -0.3 is 9.64 Å². The number of hydrogen-bond donors (Lipinski definition) is 1. The highest BCUT2D eigenvalue weighted by atomic mass is 32.1. The lowest BCUT2D eigenvalue weighted by Gasteiger charge is -2.39. The minimum atomic E-state index is 0.248. The van der Waals surface area contributed by atoms with Gasteiger partial charge in [0.15, 0.2) is 4.77 Å². The number of anilines is 1. The lowest BCUT2D eigenvalue weighted by molar-refractivity contribution is 0.0287. The van der Waals surface area contributed by atoms with Gasteiger partial charge in [0, 0.05) is 12.6 Å². The fourth-order valence-electron chi connectivity index (χ4n) is 3.59. The second kappa shape index (κ2) is 6.48. The molecule has 1 N–H and O–H groups in total. The highest BCUT2D eigenvalue weighted by Gasteiger charge is 2.31. The van der Waals surface area contributed by atoms with Gasteiger partial charge in [-0.1, -0.05) is 26.2 Å². The molecule has 1 aliphatic heterocycles. The van der Waals surface area contributed by atoms with Crippen LogP contribution in [0.25, 0.3) is 0 Å². The first-order chi connectivity index (χ1) is 10.2. The molecule has 0 amide bonds. The van der Waals surface area contributed by atoms with E-state index in [1.807, 2.05) is 0 Å². The van der Waals surface area contributed by atoms with Crippen LogP contribution in [0, 0.1) is 4.77 Å². The molecule has 5 nitrogen and oxygen atoms in total. The van der Waals surface area contributed by atoms with E-state index in [1.165, 1.54) is 32.1 Å². The molecule has 0 spiro atoms. The molecule has 0 radical (unpaired) electrons. The molecule has 21 heavy (non-hydrogen) atoms. The normalized spacial score (nSPS) is 28.0. The third kappa shape index (κ3) is 3.01. The van der Waals surface area contributed by atoms with Gasteiger partial charge in [-0.05, 0) is 38.4 Å². The molecule has 2 heterocycles. The summed E-state index contributed by atoms with van der Waals surface area (Å²) >= 11 is 5.51. The van der Waals surface area contributed by atoms with Crippen LogP contribution in [-0.2, 0) is 4.74 Å². The average molecular weight is 310 g/mol. The van der Waals surface area contributed by atoms with Crippen LogP contribution in [0.2, 0.25) is 0 Å². The van der Waals surface area contributed by atoms with Crippen molar-refractivity contribution in [3.05, 3.63) is 4.77 Å². The molecule has 3 rings (SSSR count). The van der Waals surface area contributed by atoms with Crippen LogP contribution >= 0.6 is 12.2 Å².